The van der Waals surface area contributed by atoms with Crippen molar-refractivity contribution in [1.29, 1.82) is 0 Å². The molecule has 0 aromatic rings. The highest BCUT2D eigenvalue weighted by atomic mass is 16.5. The summed E-state index contributed by atoms with van der Waals surface area (Å²) in [4.78, 5) is 12.2. The lowest BCUT2D eigenvalue weighted by molar-refractivity contribution is -0.130. The number of aliphatic hydroxyl groups excluding tert-OH is 1. The quantitative estimate of drug-likeness (QED) is 0.612. The Morgan fingerprint density at radius 2 is 2.33 bits per heavy atom. The SMILES string of the molecule is CCCC(CCO)CNC(=O)C1(C)COCC1N. The zero-order valence-corrected chi connectivity index (χ0v) is 11.4. The van der Waals surface area contributed by atoms with Gasteiger partial charge in [-0.1, -0.05) is 13.3 Å². The van der Waals surface area contributed by atoms with Crippen LogP contribution in [0.3, 0.4) is 0 Å². The third kappa shape index (κ3) is 3.67. The van der Waals surface area contributed by atoms with Crippen LogP contribution in [0.4, 0.5) is 0 Å². The topological polar surface area (TPSA) is 84.6 Å². The highest BCUT2D eigenvalue weighted by molar-refractivity contribution is 5.83. The van der Waals surface area contributed by atoms with Crippen molar-refractivity contribution in [2.24, 2.45) is 17.1 Å². The van der Waals surface area contributed by atoms with Gasteiger partial charge >= 0.3 is 0 Å². The van der Waals surface area contributed by atoms with Crippen LogP contribution in [0.2, 0.25) is 0 Å². The lowest BCUT2D eigenvalue weighted by Crippen LogP contribution is -2.50. The number of nitrogens with two attached hydrogens (primary N) is 1. The zero-order chi connectivity index (χ0) is 13.6. The number of aliphatic hydroxyl groups is 1. The number of amides is 1. The molecule has 106 valence electrons. The minimum absolute atomic E-state index is 0.0356. The molecular formula is C13H26N2O3. The fourth-order valence-corrected chi connectivity index (χ4v) is 2.30. The van der Waals surface area contributed by atoms with Crippen LogP contribution >= 0.6 is 0 Å². The van der Waals surface area contributed by atoms with Crippen molar-refractivity contribution in [2.75, 3.05) is 26.4 Å². The van der Waals surface area contributed by atoms with E-state index in [0.29, 0.717) is 25.7 Å². The molecule has 18 heavy (non-hydrogen) atoms. The van der Waals surface area contributed by atoms with Gasteiger partial charge in [0.2, 0.25) is 5.91 Å². The largest absolute Gasteiger partial charge is 0.396 e. The number of nitrogens with one attached hydrogen (secondary N) is 1. The molecule has 1 fully saturated rings. The van der Waals surface area contributed by atoms with Crippen molar-refractivity contribution in [2.45, 2.75) is 39.2 Å². The van der Waals surface area contributed by atoms with E-state index in [-0.39, 0.29) is 18.6 Å². The molecule has 0 bridgehead atoms. The maximum Gasteiger partial charge on any atom is 0.229 e. The van der Waals surface area contributed by atoms with Crippen molar-refractivity contribution in [3.8, 4) is 0 Å². The van der Waals surface area contributed by atoms with E-state index in [0.717, 1.165) is 19.3 Å². The molecule has 1 aliphatic heterocycles. The van der Waals surface area contributed by atoms with Crippen molar-refractivity contribution in [3.63, 3.8) is 0 Å². The van der Waals surface area contributed by atoms with Gasteiger partial charge in [0, 0.05) is 19.2 Å². The van der Waals surface area contributed by atoms with Gasteiger partial charge in [-0.3, -0.25) is 4.79 Å². The molecule has 0 aromatic carbocycles. The number of rotatable bonds is 7. The monoisotopic (exact) mass is 258 g/mol. The van der Waals surface area contributed by atoms with Crippen LogP contribution in [-0.4, -0.2) is 43.4 Å². The fraction of sp³-hybridized carbons (Fsp3) is 0.923. The average Bonchev–Trinajstić information content (AvgIpc) is 2.68. The lowest BCUT2D eigenvalue weighted by Gasteiger charge is -2.26. The minimum atomic E-state index is -0.615. The third-order valence-electron chi connectivity index (χ3n) is 3.82. The summed E-state index contributed by atoms with van der Waals surface area (Å²) in [7, 11) is 0. The van der Waals surface area contributed by atoms with E-state index >= 15 is 0 Å². The number of carbonyl (C=O) groups is 1. The summed E-state index contributed by atoms with van der Waals surface area (Å²) in [6, 6.07) is -0.236. The molecule has 1 aliphatic rings. The standard InChI is InChI=1S/C13H26N2O3/c1-3-4-10(5-6-16)7-15-12(17)13(2)9-18-8-11(13)14/h10-11,16H,3-9,14H2,1-2H3,(H,15,17). The molecule has 1 heterocycles. The van der Waals surface area contributed by atoms with Gasteiger partial charge in [-0.2, -0.15) is 0 Å². The number of hydrogen-bond acceptors (Lipinski definition) is 4. The van der Waals surface area contributed by atoms with Gasteiger partial charge in [-0.25, -0.2) is 0 Å². The van der Waals surface area contributed by atoms with Gasteiger partial charge in [0.05, 0.1) is 18.6 Å². The highest BCUT2D eigenvalue weighted by Crippen LogP contribution is 2.27. The Bertz CT molecular complexity index is 267. The summed E-state index contributed by atoms with van der Waals surface area (Å²) in [6.07, 6.45) is 2.80. The maximum atomic E-state index is 12.2. The summed E-state index contributed by atoms with van der Waals surface area (Å²) in [6.45, 7) is 5.56. The summed E-state index contributed by atoms with van der Waals surface area (Å²) >= 11 is 0. The van der Waals surface area contributed by atoms with Crippen molar-refractivity contribution < 1.29 is 14.6 Å². The summed E-state index contributed by atoms with van der Waals surface area (Å²) < 4.78 is 5.27. The van der Waals surface area contributed by atoms with Gasteiger partial charge < -0.3 is 20.9 Å². The van der Waals surface area contributed by atoms with E-state index in [1.54, 1.807) is 0 Å². The molecule has 5 nitrogen and oxygen atoms in total. The van der Waals surface area contributed by atoms with E-state index in [4.69, 9.17) is 15.6 Å². The Hall–Kier alpha value is -0.650. The Labute approximate surface area is 109 Å². The summed E-state index contributed by atoms with van der Waals surface area (Å²) in [5, 5.41) is 11.9. The molecule has 1 saturated heterocycles. The zero-order valence-electron chi connectivity index (χ0n) is 11.4. The highest BCUT2D eigenvalue weighted by Gasteiger charge is 2.44. The van der Waals surface area contributed by atoms with Gasteiger partial charge in [0.15, 0.2) is 0 Å². The van der Waals surface area contributed by atoms with Crippen LogP contribution in [0, 0.1) is 11.3 Å². The second kappa shape index (κ2) is 7.07. The van der Waals surface area contributed by atoms with Gasteiger partial charge in [-0.15, -0.1) is 0 Å². The second-order valence-electron chi connectivity index (χ2n) is 5.42. The molecule has 1 rings (SSSR count). The van der Waals surface area contributed by atoms with Gasteiger partial charge in [-0.05, 0) is 25.7 Å². The predicted octanol–water partition coefficient (Wildman–Crippen LogP) is 0.265. The van der Waals surface area contributed by atoms with E-state index in [1.165, 1.54) is 0 Å². The van der Waals surface area contributed by atoms with Crippen LogP contribution in [0.25, 0.3) is 0 Å². The number of carbonyl (C=O) groups excluding carboxylic acids is 1. The molecule has 0 saturated carbocycles. The Balaban J connectivity index is 2.44. The Morgan fingerprint density at radius 1 is 1.61 bits per heavy atom. The molecule has 5 heteroatoms. The third-order valence-corrected chi connectivity index (χ3v) is 3.82. The lowest BCUT2D eigenvalue weighted by atomic mass is 9.84. The maximum absolute atomic E-state index is 12.2. The van der Waals surface area contributed by atoms with E-state index < -0.39 is 5.41 Å². The predicted molar refractivity (Wildman–Crippen MR) is 70.0 cm³/mol. The first kappa shape index (κ1) is 15.4. The first-order valence-electron chi connectivity index (χ1n) is 6.77. The first-order chi connectivity index (χ1) is 8.54. The molecule has 0 aliphatic carbocycles. The molecule has 3 atom stereocenters. The molecule has 0 aromatic heterocycles. The molecule has 4 N–H and O–H groups in total. The van der Waals surface area contributed by atoms with Gasteiger partial charge in [0.25, 0.3) is 0 Å². The molecule has 3 unspecified atom stereocenters. The number of hydrogen-bond donors (Lipinski definition) is 3. The van der Waals surface area contributed by atoms with Crippen LogP contribution < -0.4 is 11.1 Å². The van der Waals surface area contributed by atoms with Crippen LogP contribution in [-0.2, 0) is 9.53 Å². The molecular weight excluding hydrogens is 232 g/mol. The van der Waals surface area contributed by atoms with Crippen LogP contribution in [0.5, 0.6) is 0 Å². The number of ether oxygens (including phenoxy) is 1. The van der Waals surface area contributed by atoms with Gasteiger partial charge in [0.1, 0.15) is 0 Å². The Morgan fingerprint density at radius 3 is 2.83 bits per heavy atom. The first-order valence-corrected chi connectivity index (χ1v) is 6.77. The summed E-state index contributed by atoms with van der Waals surface area (Å²) in [5.41, 5.74) is 5.30. The van der Waals surface area contributed by atoms with Crippen molar-refractivity contribution in [3.05, 3.63) is 0 Å². The van der Waals surface area contributed by atoms with Crippen LogP contribution in [0.15, 0.2) is 0 Å². The van der Waals surface area contributed by atoms with Crippen molar-refractivity contribution >= 4 is 5.91 Å². The smallest absolute Gasteiger partial charge is 0.229 e. The van der Waals surface area contributed by atoms with E-state index in [9.17, 15) is 4.79 Å². The van der Waals surface area contributed by atoms with E-state index in [1.807, 2.05) is 6.92 Å². The Kier molecular flexibility index (Phi) is 6.05. The van der Waals surface area contributed by atoms with Crippen molar-refractivity contribution in [1.82, 2.24) is 5.32 Å². The molecule has 0 spiro atoms. The van der Waals surface area contributed by atoms with E-state index in [2.05, 4.69) is 12.2 Å². The normalized spacial score (nSPS) is 29.2. The minimum Gasteiger partial charge on any atom is -0.396 e. The molecule has 0 radical (unpaired) electrons. The summed E-state index contributed by atoms with van der Waals surface area (Å²) in [5.74, 6) is 0.303. The fourth-order valence-electron chi connectivity index (χ4n) is 2.30. The van der Waals surface area contributed by atoms with Crippen LogP contribution in [0.1, 0.15) is 33.1 Å². The molecule has 1 amide bonds. The second-order valence-corrected chi connectivity index (χ2v) is 5.42. The average molecular weight is 258 g/mol.